The number of ether oxygens (including phenoxy) is 1. The minimum absolute atomic E-state index is 0.579. The van der Waals surface area contributed by atoms with Gasteiger partial charge in [0.2, 0.25) is 11.8 Å². The molecule has 1 saturated heterocycles. The van der Waals surface area contributed by atoms with E-state index < -0.39 is 0 Å². The maximum absolute atomic E-state index is 5.67. The Balaban J connectivity index is 1.26. The number of hydrogen-bond donors (Lipinski definition) is 3. The lowest BCUT2D eigenvalue weighted by Crippen LogP contribution is -2.43. The number of hydrogen-bond acceptors (Lipinski definition) is 8. The largest absolute Gasteiger partial charge is 0.474 e. The molecule has 8 heteroatoms. The van der Waals surface area contributed by atoms with Gasteiger partial charge in [-0.05, 0) is 48.4 Å². The lowest BCUT2D eigenvalue weighted by atomic mass is 10.00. The Bertz CT molecular complexity index is 1330. The minimum Gasteiger partial charge on any atom is -0.474 e. The highest BCUT2D eigenvalue weighted by molar-refractivity contribution is 5.86. The molecule has 0 amide bonds. The molecular formula is C26H27N7O. The highest BCUT2D eigenvalue weighted by Gasteiger charge is 2.17. The summed E-state index contributed by atoms with van der Waals surface area (Å²) in [4.78, 5) is 16.2. The molecule has 0 unspecified atom stereocenters. The molecule has 1 fully saturated rings. The van der Waals surface area contributed by atoms with Crippen LogP contribution >= 0.6 is 0 Å². The maximum Gasteiger partial charge on any atom is 0.237 e. The van der Waals surface area contributed by atoms with E-state index in [0.29, 0.717) is 18.4 Å². The van der Waals surface area contributed by atoms with Gasteiger partial charge in [-0.15, -0.1) is 0 Å². The summed E-state index contributed by atoms with van der Waals surface area (Å²) in [6.07, 6.45) is 3.74. The number of fused-ring (bicyclic) bond motifs is 2. The van der Waals surface area contributed by atoms with Gasteiger partial charge in [0.15, 0.2) is 0 Å². The summed E-state index contributed by atoms with van der Waals surface area (Å²) >= 11 is 0. The molecule has 2 aromatic carbocycles. The first-order valence-electron chi connectivity index (χ1n) is 11.7. The molecule has 4 aromatic rings. The van der Waals surface area contributed by atoms with E-state index in [2.05, 4.69) is 80.2 Å². The van der Waals surface area contributed by atoms with Crippen molar-refractivity contribution >= 4 is 33.9 Å². The fraction of sp³-hybridized carbons (Fsp3) is 0.269. The molecule has 4 heterocycles. The number of aromatic nitrogens is 3. The van der Waals surface area contributed by atoms with Crippen LogP contribution in [0.2, 0.25) is 0 Å². The number of pyridine rings is 1. The van der Waals surface area contributed by atoms with Gasteiger partial charge in [-0.1, -0.05) is 12.1 Å². The molecule has 34 heavy (non-hydrogen) atoms. The summed E-state index contributed by atoms with van der Waals surface area (Å²) in [6.45, 7) is 7.64. The van der Waals surface area contributed by atoms with Crippen LogP contribution in [0.5, 0.6) is 5.88 Å². The Kier molecular flexibility index (Phi) is 5.35. The normalized spacial score (nSPS) is 15.4. The van der Waals surface area contributed by atoms with E-state index >= 15 is 0 Å². The zero-order valence-corrected chi connectivity index (χ0v) is 19.1. The molecule has 8 nitrogen and oxygen atoms in total. The summed E-state index contributed by atoms with van der Waals surface area (Å²) in [5.41, 5.74) is 7.32. The van der Waals surface area contributed by atoms with Crippen LogP contribution in [0.1, 0.15) is 5.56 Å². The fourth-order valence-electron chi connectivity index (χ4n) is 4.57. The zero-order valence-electron chi connectivity index (χ0n) is 19.1. The smallest absolute Gasteiger partial charge is 0.237 e. The van der Waals surface area contributed by atoms with E-state index in [9.17, 15) is 0 Å². The average Bonchev–Trinajstić information content (AvgIpc) is 2.90. The van der Waals surface area contributed by atoms with E-state index in [1.807, 2.05) is 12.4 Å². The lowest BCUT2D eigenvalue weighted by Gasteiger charge is -2.29. The van der Waals surface area contributed by atoms with Crippen LogP contribution in [0.25, 0.3) is 22.0 Å². The van der Waals surface area contributed by atoms with Gasteiger partial charge in [0, 0.05) is 67.4 Å². The van der Waals surface area contributed by atoms with Crippen molar-refractivity contribution in [2.24, 2.45) is 0 Å². The molecule has 3 N–H and O–H groups in total. The molecule has 0 atom stereocenters. The van der Waals surface area contributed by atoms with Gasteiger partial charge in [0.25, 0.3) is 0 Å². The Hall–Kier alpha value is -3.91. The molecule has 0 bridgehead atoms. The molecule has 6 rings (SSSR count). The first-order valence-corrected chi connectivity index (χ1v) is 11.7. The third kappa shape index (κ3) is 3.97. The molecule has 0 aliphatic carbocycles. The van der Waals surface area contributed by atoms with Crippen molar-refractivity contribution in [3.8, 4) is 17.0 Å². The van der Waals surface area contributed by atoms with Crippen LogP contribution in [0.3, 0.4) is 0 Å². The molecule has 0 radical (unpaired) electrons. The summed E-state index contributed by atoms with van der Waals surface area (Å²) < 4.78 is 5.67. The second-order valence-corrected chi connectivity index (χ2v) is 8.63. The standard InChI is InChI=1S/C26H27N7O/c1-17-22(16-29-25-24(17)28-10-13-34-25)18-2-3-19-15-30-26(32-23(19)14-18)31-20-4-6-21(7-5-20)33-11-8-27-9-12-33/h2-7,14-16,27-28H,8-13H2,1H3,(H,30,31,32). The lowest BCUT2D eigenvalue weighted by molar-refractivity contribution is 0.310. The van der Waals surface area contributed by atoms with E-state index in [0.717, 1.165) is 71.7 Å². The molecule has 0 spiro atoms. The topological polar surface area (TPSA) is 87.2 Å². The predicted molar refractivity (Wildman–Crippen MR) is 136 cm³/mol. The van der Waals surface area contributed by atoms with Crippen molar-refractivity contribution in [1.82, 2.24) is 20.3 Å². The van der Waals surface area contributed by atoms with Gasteiger partial charge in [0.1, 0.15) is 12.3 Å². The minimum atomic E-state index is 0.579. The van der Waals surface area contributed by atoms with Crippen LogP contribution in [-0.4, -0.2) is 54.3 Å². The van der Waals surface area contributed by atoms with Crippen molar-refractivity contribution in [2.45, 2.75) is 6.92 Å². The molecule has 2 aromatic heterocycles. The van der Waals surface area contributed by atoms with E-state index in [1.54, 1.807) is 0 Å². The molecular weight excluding hydrogens is 426 g/mol. The van der Waals surface area contributed by atoms with Crippen LogP contribution in [0.4, 0.5) is 23.0 Å². The highest BCUT2D eigenvalue weighted by atomic mass is 16.5. The van der Waals surface area contributed by atoms with Crippen molar-refractivity contribution < 1.29 is 4.74 Å². The summed E-state index contributed by atoms with van der Waals surface area (Å²) in [5, 5.41) is 11.1. The SMILES string of the molecule is Cc1c(-c2ccc3cnc(Nc4ccc(N5CCNCC5)cc4)nc3c2)cnc2c1NCCO2. The van der Waals surface area contributed by atoms with Crippen LogP contribution in [0, 0.1) is 6.92 Å². The van der Waals surface area contributed by atoms with Gasteiger partial charge in [-0.3, -0.25) is 0 Å². The summed E-state index contributed by atoms with van der Waals surface area (Å²) in [7, 11) is 0. The Morgan fingerprint density at radius 1 is 0.971 bits per heavy atom. The first-order chi connectivity index (χ1) is 16.7. The summed E-state index contributed by atoms with van der Waals surface area (Å²) in [5.74, 6) is 1.25. The molecule has 172 valence electrons. The van der Waals surface area contributed by atoms with Gasteiger partial charge >= 0.3 is 0 Å². The second-order valence-electron chi connectivity index (χ2n) is 8.63. The zero-order chi connectivity index (χ0) is 22.9. The Morgan fingerprint density at radius 3 is 2.68 bits per heavy atom. The van der Waals surface area contributed by atoms with Crippen molar-refractivity contribution in [2.75, 3.05) is 54.9 Å². The second kappa shape index (κ2) is 8.79. The number of rotatable bonds is 4. The van der Waals surface area contributed by atoms with Gasteiger partial charge in [-0.25, -0.2) is 15.0 Å². The fourth-order valence-corrected chi connectivity index (χ4v) is 4.57. The third-order valence-electron chi connectivity index (χ3n) is 6.45. The van der Waals surface area contributed by atoms with Crippen LogP contribution in [0.15, 0.2) is 54.9 Å². The third-order valence-corrected chi connectivity index (χ3v) is 6.45. The molecule has 0 saturated carbocycles. The van der Waals surface area contributed by atoms with Crippen molar-refractivity contribution in [1.29, 1.82) is 0 Å². The Labute approximate surface area is 198 Å². The maximum atomic E-state index is 5.67. The monoisotopic (exact) mass is 453 g/mol. The van der Waals surface area contributed by atoms with Gasteiger partial charge in [-0.2, -0.15) is 0 Å². The quantitative estimate of drug-likeness (QED) is 0.428. The van der Waals surface area contributed by atoms with Crippen molar-refractivity contribution in [3.05, 3.63) is 60.4 Å². The first kappa shape index (κ1) is 20.7. The summed E-state index contributed by atoms with van der Waals surface area (Å²) in [6, 6.07) is 14.7. The predicted octanol–water partition coefficient (Wildman–Crippen LogP) is 3.96. The van der Waals surface area contributed by atoms with Crippen molar-refractivity contribution in [3.63, 3.8) is 0 Å². The van der Waals surface area contributed by atoms with Gasteiger partial charge in [0.05, 0.1) is 5.52 Å². The Morgan fingerprint density at radius 2 is 1.82 bits per heavy atom. The number of nitrogens with one attached hydrogen (secondary N) is 3. The molecule has 2 aliphatic rings. The van der Waals surface area contributed by atoms with Gasteiger partial charge < -0.3 is 25.6 Å². The van der Waals surface area contributed by atoms with E-state index in [-0.39, 0.29) is 0 Å². The highest BCUT2D eigenvalue weighted by Crippen LogP contribution is 2.36. The van der Waals surface area contributed by atoms with Crippen LogP contribution < -0.4 is 25.6 Å². The number of anilines is 4. The average molecular weight is 454 g/mol. The molecule has 2 aliphatic heterocycles. The van der Waals surface area contributed by atoms with Crippen LogP contribution in [-0.2, 0) is 0 Å². The van der Waals surface area contributed by atoms with E-state index in [4.69, 9.17) is 9.72 Å². The number of benzene rings is 2. The number of nitrogens with zero attached hydrogens (tertiary/aromatic N) is 4. The van der Waals surface area contributed by atoms with E-state index in [1.165, 1.54) is 5.69 Å². The number of piperazine rings is 1.